The molecule has 0 atom stereocenters. The number of halogens is 1. The Kier molecular flexibility index (Phi) is 1.90. The van der Waals surface area contributed by atoms with Crippen LogP contribution < -0.4 is 0 Å². The first kappa shape index (κ1) is 9.28. The topological polar surface area (TPSA) is 12.9 Å². The molecule has 0 radical (unpaired) electrons. The van der Waals surface area contributed by atoms with Crippen LogP contribution in [0.15, 0.2) is 42.5 Å². The first-order valence-electron chi connectivity index (χ1n) is 5.20. The number of rotatable bonds is 0. The Morgan fingerprint density at radius 2 is 1.75 bits per heavy atom. The monoisotopic (exact) mass is 211 g/mol. The van der Waals surface area contributed by atoms with E-state index in [2.05, 4.69) is 4.98 Å². The van der Waals surface area contributed by atoms with Crippen molar-refractivity contribution < 1.29 is 4.39 Å². The first-order valence-corrected chi connectivity index (χ1v) is 5.20. The highest BCUT2D eigenvalue weighted by Crippen LogP contribution is 2.26. The quantitative estimate of drug-likeness (QED) is 0.515. The van der Waals surface area contributed by atoms with Gasteiger partial charge in [-0.15, -0.1) is 0 Å². The maximum Gasteiger partial charge on any atom is 0.123 e. The fourth-order valence-corrected chi connectivity index (χ4v) is 2.09. The minimum absolute atomic E-state index is 0.205. The third kappa shape index (κ3) is 1.27. The molecule has 0 saturated heterocycles. The van der Waals surface area contributed by atoms with Crippen molar-refractivity contribution in [1.82, 2.24) is 4.98 Å². The van der Waals surface area contributed by atoms with Crippen LogP contribution >= 0.6 is 0 Å². The van der Waals surface area contributed by atoms with E-state index in [1.54, 1.807) is 12.1 Å². The van der Waals surface area contributed by atoms with Gasteiger partial charge in [0.1, 0.15) is 5.82 Å². The Labute approximate surface area is 92.5 Å². The number of fused-ring (bicyclic) bond motifs is 3. The van der Waals surface area contributed by atoms with Gasteiger partial charge in [-0.05, 0) is 36.6 Å². The van der Waals surface area contributed by atoms with Crippen molar-refractivity contribution in [2.45, 2.75) is 6.92 Å². The number of nitrogens with zero attached hydrogens (tertiary/aromatic N) is 1. The third-order valence-electron chi connectivity index (χ3n) is 2.85. The molecule has 78 valence electrons. The van der Waals surface area contributed by atoms with Crippen LogP contribution in [0.5, 0.6) is 0 Å². The standard InChI is InChI=1S/C14H10FN/c1-9-11-7-6-10(15)8-13(11)12-4-2-3-5-14(12)16-9/h2-8H,1H3. The highest BCUT2D eigenvalue weighted by molar-refractivity contribution is 6.06. The van der Waals surface area contributed by atoms with E-state index in [4.69, 9.17) is 0 Å². The van der Waals surface area contributed by atoms with Crippen LogP contribution in [0.1, 0.15) is 5.69 Å². The molecule has 1 aromatic heterocycles. The largest absolute Gasteiger partial charge is 0.252 e. The number of hydrogen-bond donors (Lipinski definition) is 0. The van der Waals surface area contributed by atoms with E-state index in [0.717, 1.165) is 27.4 Å². The molecule has 0 unspecified atom stereocenters. The lowest BCUT2D eigenvalue weighted by atomic mass is 10.0. The molecule has 2 aromatic carbocycles. The van der Waals surface area contributed by atoms with E-state index in [9.17, 15) is 4.39 Å². The van der Waals surface area contributed by atoms with Crippen LogP contribution in [-0.4, -0.2) is 4.98 Å². The average Bonchev–Trinajstić information content (AvgIpc) is 2.29. The number of para-hydroxylation sites is 1. The molecule has 0 aliphatic carbocycles. The molecule has 1 heterocycles. The zero-order valence-corrected chi connectivity index (χ0v) is 8.87. The van der Waals surface area contributed by atoms with Gasteiger partial charge in [-0.2, -0.15) is 0 Å². The van der Waals surface area contributed by atoms with E-state index >= 15 is 0 Å². The van der Waals surface area contributed by atoms with Crippen LogP contribution in [0.3, 0.4) is 0 Å². The normalized spacial score (nSPS) is 11.1. The molecule has 0 aliphatic rings. The minimum Gasteiger partial charge on any atom is -0.252 e. The Morgan fingerprint density at radius 1 is 0.938 bits per heavy atom. The predicted octanol–water partition coefficient (Wildman–Crippen LogP) is 3.84. The molecule has 0 aliphatic heterocycles. The van der Waals surface area contributed by atoms with E-state index in [1.807, 2.05) is 31.2 Å². The van der Waals surface area contributed by atoms with Gasteiger partial charge in [0.05, 0.1) is 5.52 Å². The van der Waals surface area contributed by atoms with Crippen molar-refractivity contribution in [3.05, 3.63) is 54.0 Å². The van der Waals surface area contributed by atoms with Crippen molar-refractivity contribution in [3.63, 3.8) is 0 Å². The molecule has 1 nitrogen and oxygen atoms in total. The maximum absolute atomic E-state index is 13.3. The molecular weight excluding hydrogens is 201 g/mol. The molecule has 3 aromatic rings. The Bertz CT molecular complexity index is 689. The zero-order valence-electron chi connectivity index (χ0n) is 8.87. The van der Waals surface area contributed by atoms with Gasteiger partial charge in [-0.25, -0.2) is 4.39 Å². The zero-order chi connectivity index (χ0) is 11.1. The number of aromatic nitrogens is 1. The summed E-state index contributed by atoms with van der Waals surface area (Å²) in [6.07, 6.45) is 0. The second-order valence-electron chi connectivity index (χ2n) is 3.90. The Hall–Kier alpha value is -1.96. The lowest BCUT2D eigenvalue weighted by Crippen LogP contribution is -1.88. The summed E-state index contributed by atoms with van der Waals surface area (Å²) in [5.41, 5.74) is 1.85. The molecule has 0 fully saturated rings. The minimum atomic E-state index is -0.205. The van der Waals surface area contributed by atoms with Crippen molar-refractivity contribution in [2.75, 3.05) is 0 Å². The molecule has 16 heavy (non-hydrogen) atoms. The first-order chi connectivity index (χ1) is 7.75. The number of hydrogen-bond acceptors (Lipinski definition) is 1. The average molecular weight is 211 g/mol. The molecular formula is C14H10FN. The van der Waals surface area contributed by atoms with E-state index in [1.165, 1.54) is 6.07 Å². The number of aryl methyl sites for hydroxylation is 1. The summed E-state index contributed by atoms with van der Waals surface area (Å²) in [4.78, 5) is 4.51. The summed E-state index contributed by atoms with van der Waals surface area (Å²) >= 11 is 0. The molecule has 2 heteroatoms. The van der Waals surface area contributed by atoms with E-state index in [0.29, 0.717) is 0 Å². The predicted molar refractivity (Wildman–Crippen MR) is 63.9 cm³/mol. The lowest BCUT2D eigenvalue weighted by molar-refractivity contribution is 0.630. The van der Waals surface area contributed by atoms with E-state index < -0.39 is 0 Å². The summed E-state index contributed by atoms with van der Waals surface area (Å²) in [6.45, 7) is 1.95. The summed E-state index contributed by atoms with van der Waals surface area (Å²) < 4.78 is 13.3. The SMILES string of the molecule is Cc1nc2ccccc2c2cc(F)ccc12. The molecule has 3 rings (SSSR count). The molecule has 0 N–H and O–H groups in total. The number of pyridine rings is 1. The van der Waals surface area contributed by atoms with Gasteiger partial charge in [0, 0.05) is 16.5 Å². The van der Waals surface area contributed by atoms with Crippen molar-refractivity contribution in [2.24, 2.45) is 0 Å². The highest BCUT2D eigenvalue weighted by atomic mass is 19.1. The lowest BCUT2D eigenvalue weighted by Gasteiger charge is -2.06. The van der Waals surface area contributed by atoms with Gasteiger partial charge in [-0.1, -0.05) is 18.2 Å². The van der Waals surface area contributed by atoms with Crippen LogP contribution in [-0.2, 0) is 0 Å². The fourth-order valence-electron chi connectivity index (χ4n) is 2.09. The Morgan fingerprint density at radius 3 is 2.62 bits per heavy atom. The number of benzene rings is 2. The second kappa shape index (κ2) is 3.27. The molecule has 0 saturated carbocycles. The molecule has 0 spiro atoms. The van der Waals surface area contributed by atoms with Gasteiger partial charge in [-0.3, -0.25) is 4.98 Å². The summed E-state index contributed by atoms with van der Waals surface area (Å²) in [7, 11) is 0. The second-order valence-corrected chi connectivity index (χ2v) is 3.90. The van der Waals surface area contributed by atoms with Crippen LogP contribution in [0.4, 0.5) is 4.39 Å². The summed E-state index contributed by atoms with van der Waals surface area (Å²) in [5, 5.41) is 2.95. The summed E-state index contributed by atoms with van der Waals surface area (Å²) in [6, 6.07) is 12.7. The molecule has 0 amide bonds. The summed E-state index contributed by atoms with van der Waals surface area (Å²) in [5.74, 6) is -0.205. The van der Waals surface area contributed by atoms with Crippen molar-refractivity contribution in [1.29, 1.82) is 0 Å². The van der Waals surface area contributed by atoms with Crippen molar-refractivity contribution in [3.8, 4) is 0 Å². The molecule has 0 bridgehead atoms. The third-order valence-corrected chi connectivity index (χ3v) is 2.85. The smallest absolute Gasteiger partial charge is 0.123 e. The Balaban J connectivity index is 2.61. The van der Waals surface area contributed by atoms with Crippen LogP contribution in [0.2, 0.25) is 0 Å². The van der Waals surface area contributed by atoms with Crippen molar-refractivity contribution >= 4 is 21.7 Å². The van der Waals surface area contributed by atoms with Gasteiger partial charge in [0.25, 0.3) is 0 Å². The van der Waals surface area contributed by atoms with Gasteiger partial charge in [0.15, 0.2) is 0 Å². The fraction of sp³-hybridized carbons (Fsp3) is 0.0714. The highest BCUT2D eigenvalue weighted by Gasteiger charge is 2.05. The van der Waals surface area contributed by atoms with E-state index in [-0.39, 0.29) is 5.82 Å². The maximum atomic E-state index is 13.3. The van der Waals surface area contributed by atoms with Gasteiger partial charge in [0.2, 0.25) is 0 Å². The van der Waals surface area contributed by atoms with Gasteiger partial charge >= 0.3 is 0 Å². The van der Waals surface area contributed by atoms with Gasteiger partial charge < -0.3 is 0 Å². The van der Waals surface area contributed by atoms with Crippen LogP contribution in [0, 0.1) is 12.7 Å². The van der Waals surface area contributed by atoms with Crippen LogP contribution in [0.25, 0.3) is 21.7 Å².